The molecule has 0 heterocycles. The maximum atomic E-state index is 11.9. The minimum atomic E-state index is -0.714. The Hall–Kier alpha value is -2.38. The SMILES string of the molecule is Cc1c(Cl)cccc1NC(=O)COC(=O)CNC(=O)c1ccc(Br)cc1. The van der Waals surface area contributed by atoms with Crippen molar-refractivity contribution in [1.82, 2.24) is 5.32 Å². The van der Waals surface area contributed by atoms with Crippen LogP contribution in [0.4, 0.5) is 5.69 Å². The quantitative estimate of drug-likeness (QED) is 0.676. The van der Waals surface area contributed by atoms with Crippen molar-refractivity contribution in [2.45, 2.75) is 6.92 Å². The van der Waals surface area contributed by atoms with Crippen molar-refractivity contribution in [2.75, 3.05) is 18.5 Å². The molecule has 26 heavy (non-hydrogen) atoms. The first-order valence-electron chi connectivity index (χ1n) is 7.61. The van der Waals surface area contributed by atoms with E-state index >= 15 is 0 Å². The van der Waals surface area contributed by atoms with Crippen LogP contribution in [0.2, 0.25) is 5.02 Å². The second kappa shape index (κ2) is 9.35. The van der Waals surface area contributed by atoms with Crippen LogP contribution in [0.3, 0.4) is 0 Å². The molecule has 6 nitrogen and oxygen atoms in total. The Labute approximate surface area is 164 Å². The first-order valence-corrected chi connectivity index (χ1v) is 8.78. The summed E-state index contributed by atoms with van der Waals surface area (Å²) in [7, 11) is 0. The fourth-order valence-corrected chi connectivity index (χ4v) is 2.42. The lowest BCUT2D eigenvalue weighted by Crippen LogP contribution is -2.32. The molecule has 0 aromatic heterocycles. The Bertz CT molecular complexity index is 824. The van der Waals surface area contributed by atoms with Gasteiger partial charge in [-0.15, -0.1) is 0 Å². The third-order valence-electron chi connectivity index (χ3n) is 3.41. The minimum absolute atomic E-state index is 0.335. The molecule has 0 radical (unpaired) electrons. The molecule has 0 saturated carbocycles. The van der Waals surface area contributed by atoms with Crippen molar-refractivity contribution < 1.29 is 19.1 Å². The van der Waals surface area contributed by atoms with Crippen LogP contribution in [-0.2, 0) is 14.3 Å². The standard InChI is InChI=1S/C18H16BrClN2O4/c1-11-14(20)3-2-4-15(11)22-16(23)10-26-17(24)9-21-18(25)12-5-7-13(19)8-6-12/h2-8H,9-10H2,1H3,(H,21,25)(H,22,23). The van der Waals surface area contributed by atoms with Gasteiger partial charge >= 0.3 is 5.97 Å². The van der Waals surface area contributed by atoms with Gasteiger partial charge < -0.3 is 15.4 Å². The number of halogens is 2. The smallest absolute Gasteiger partial charge is 0.325 e. The first-order chi connectivity index (χ1) is 12.4. The number of nitrogens with one attached hydrogen (secondary N) is 2. The van der Waals surface area contributed by atoms with Gasteiger partial charge in [-0.2, -0.15) is 0 Å². The molecule has 2 aromatic rings. The van der Waals surface area contributed by atoms with E-state index in [9.17, 15) is 14.4 Å². The second-order valence-electron chi connectivity index (χ2n) is 5.31. The highest BCUT2D eigenvalue weighted by Gasteiger charge is 2.12. The minimum Gasteiger partial charge on any atom is -0.454 e. The van der Waals surface area contributed by atoms with Gasteiger partial charge in [0.15, 0.2) is 6.61 Å². The van der Waals surface area contributed by atoms with Crippen LogP contribution in [0.25, 0.3) is 0 Å². The summed E-state index contributed by atoms with van der Waals surface area (Å²) >= 11 is 9.25. The molecule has 0 atom stereocenters. The monoisotopic (exact) mass is 438 g/mol. The molecule has 0 fully saturated rings. The molecular formula is C18H16BrClN2O4. The van der Waals surface area contributed by atoms with Crippen molar-refractivity contribution in [3.63, 3.8) is 0 Å². The highest BCUT2D eigenvalue weighted by Crippen LogP contribution is 2.22. The summed E-state index contributed by atoms with van der Waals surface area (Å²) in [6, 6.07) is 11.8. The van der Waals surface area contributed by atoms with Gasteiger partial charge in [0, 0.05) is 20.7 Å². The average Bonchev–Trinajstić information content (AvgIpc) is 2.62. The Balaban J connectivity index is 1.76. The lowest BCUT2D eigenvalue weighted by atomic mass is 10.2. The molecule has 0 unspecified atom stereocenters. The van der Waals surface area contributed by atoms with E-state index in [0.29, 0.717) is 16.3 Å². The fraction of sp³-hybridized carbons (Fsp3) is 0.167. The molecule has 2 N–H and O–H groups in total. The number of benzene rings is 2. The van der Waals surface area contributed by atoms with Gasteiger partial charge in [-0.3, -0.25) is 14.4 Å². The molecule has 0 spiro atoms. The zero-order chi connectivity index (χ0) is 19.1. The van der Waals surface area contributed by atoms with Crippen LogP contribution < -0.4 is 10.6 Å². The molecule has 8 heteroatoms. The molecule has 0 bridgehead atoms. The highest BCUT2D eigenvalue weighted by molar-refractivity contribution is 9.10. The van der Waals surface area contributed by atoms with E-state index in [4.69, 9.17) is 16.3 Å². The maximum Gasteiger partial charge on any atom is 0.325 e. The summed E-state index contributed by atoms with van der Waals surface area (Å²) in [6.07, 6.45) is 0. The Kier molecular flexibility index (Phi) is 7.17. The van der Waals surface area contributed by atoms with Crippen LogP contribution in [0.15, 0.2) is 46.9 Å². The molecule has 0 aliphatic rings. The molecule has 136 valence electrons. The molecule has 2 amide bonds. The van der Waals surface area contributed by atoms with Crippen LogP contribution in [0.1, 0.15) is 15.9 Å². The van der Waals surface area contributed by atoms with Gasteiger partial charge in [-0.25, -0.2) is 0 Å². The van der Waals surface area contributed by atoms with Crippen LogP contribution in [0, 0.1) is 6.92 Å². The van der Waals surface area contributed by atoms with Gasteiger partial charge in [0.25, 0.3) is 11.8 Å². The number of carbonyl (C=O) groups excluding carboxylic acids is 3. The number of esters is 1. The van der Waals surface area contributed by atoms with Crippen LogP contribution >= 0.6 is 27.5 Å². The Morgan fingerprint density at radius 2 is 1.81 bits per heavy atom. The summed E-state index contributed by atoms with van der Waals surface area (Å²) in [6.45, 7) is 0.971. The number of ether oxygens (including phenoxy) is 1. The lowest BCUT2D eigenvalue weighted by molar-refractivity contribution is -0.146. The van der Waals surface area contributed by atoms with Crippen molar-refractivity contribution in [3.05, 3.63) is 63.1 Å². The number of hydrogen-bond donors (Lipinski definition) is 2. The number of hydrogen-bond acceptors (Lipinski definition) is 4. The van der Waals surface area contributed by atoms with Gasteiger partial charge in [-0.05, 0) is 48.9 Å². The largest absolute Gasteiger partial charge is 0.454 e. The fourth-order valence-electron chi connectivity index (χ4n) is 1.98. The predicted molar refractivity (Wildman–Crippen MR) is 102 cm³/mol. The van der Waals surface area contributed by atoms with E-state index in [0.717, 1.165) is 10.0 Å². The van der Waals surface area contributed by atoms with Gasteiger partial charge in [0.2, 0.25) is 0 Å². The first kappa shape index (κ1) is 19.9. The molecular weight excluding hydrogens is 424 g/mol. The van der Waals surface area contributed by atoms with Crippen LogP contribution in [-0.4, -0.2) is 30.9 Å². The molecule has 2 aromatic carbocycles. The number of carbonyl (C=O) groups is 3. The van der Waals surface area contributed by atoms with E-state index < -0.39 is 24.4 Å². The second-order valence-corrected chi connectivity index (χ2v) is 6.63. The molecule has 2 rings (SSSR count). The van der Waals surface area contributed by atoms with Gasteiger partial charge in [-0.1, -0.05) is 33.6 Å². The number of anilines is 1. The Morgan fingerprint density at radius 1 is 1.12 bits per heavy atom. The van der Waals surface area contributed by atoms with Crippen molar-refractivity contribution >= 4 is 51.0 Å². The summed E-state index contributed by atoms with van der Waals surface area (Å²) in [5.74, 6) is -1.62. The zero-order valence-electron chi connectivity index (χ0n) is 13.8. The summed E-state index contributed by atoms with van der Waals surface area (Å²) in [5.41, 5.74) is 1.67. The normalized spacial score (nSPS) is 10.1. The van der Waals surface area contributed by atoms with E-state index in [1.807, 2.05) is 0 Å². The lowest BCUT2D eigenvalue weighted by Gasteiger charge is -2.10. The predicted octanol–water partition coefficient (Wildman–Crippen LogP) is 3.32. The third kappa shape index (κ3) is 5.86. The molecule has 0 aliphatic carbocycles. The van der Waals surface area contributed by atoms with E-state index in [1.165, 1.54) is 0 Å². The number of rotatable bonds is 6. The summed E-state index contributed by atoms with van der Waals surface area (Å²) < 4.78 is 5.69. The molecule has 0 saturated heterocycles. The zero-order valence-corrected chi connectivity index (χ0v) is 16.2. The summed E-state index contributed by atoms with van der Waals surface area (Å²) in [4.78, 5) is 35.4. The maximum absolute atomic E-state index is 11.9. The van der Waals surface area contributed by atoms with Gasteiger partial charge in [0.1, 0.15) is 6.54 Å². The highest BCUT2D eigenvalue weighted by atomic mass is 79.9. The summed E-state index contributed by atoms with van der Waals surface area (Å²) in [5, 5.41) is 5.56. The molecule has 0 aliphatic heterocycles. The van der Waals surface area contributed by atoms with E-state index in [2.05, 4.69) is 26.6 Å². The van der Waals surface area contributed by atoms with Crippen molar-refractivity contribution in [2.24, 2.45) is 0 Å². The van der Waals surface area contributed by atoms with E-state index in [1.54, 1.807) is 49.4 Å². The van der Waals surface area contributed by atoms with E-state index in [-0.39, 0.29) is 6.54 Å². The van der Waals surface area contributed by atoms with Gasteiger partial charge in [0.05, 0.1) is 0 Å². The Morgan fingerprint density at radius 3 is 2.50 bits per heavy atom. The third-order valence-corrected chi connectivity index (χ3v) is 4.34. The average molecular weight is 440 g/mol. The number of amides is 2. The topological polar surface area (TPSA) is 84.5 Å². The van der Waals surface area contributed by atoms with Crippen molar-refractivity contribution in [3.8, 4) is 0 Å². The van der Waals surface area contributed by atoms with Crippen molar-refractivity contribution in [1.29, 1.82) is 0 Å². The van der Waals surface area contributed by atoms with Crippen LogP contribution in [0.5, 0.6) is 0 Å².